The average molecular weight is 450 g/mol. The summed E-state index contributed by atoms with van der Waals surface area (Å²) < 4.78 is 11.6. The molecule has 0 spiro atoms. The summed E-state index contributed by atoms with van der Waals surface area (Å²) in [6.07, 6.45) is 0. The maximum atomic E-state index is 12.3. The third-order valence-corrected chi connectivity index (χ3v) is 5.21. The van der Waals surface area contributed by atoms with Gasteiger partial charge in [0.25, 0.3) is 5.91 Å². The number of amides is 1. The summed E-state index contributed by atoms with van der Waals surface area (Å²) in [6, 6.07) is 13.1. The fourth-order valence-electron chi connectivity index (χ4n) is 2.33. The van der Waals surface area contributed by atoms with Crippen LogP contribution in [0.5, 0.6) is 11.5 Å². The van der Waals surface area contributed by atoms with Crippen LogP contribution in [-0.2, 0) is 0 Å². The second-order valence-corrected chi connectivity index (χ2v) is 7.06. The number of rotatable bonds is 3. The van der Waals surface area contributed by atoms with Crippen LogP contribution in [0, 0.1) is 3.57 Å². The second kappa shape index (κ2) is 6.40. The van der Waals surface area contributed by atoms with Gasteiger partial charge in [-0.3, -0.25) is 10.1 Å². The first-order chi connectivity index (χ1) is 11.7. The van der Waals surface area contributed by atoms with Gasteiger partial charge in [-0.05, 0) is 52.9 Å². The van der Waals surface area contributed by atoms with Gasteiger partial charge in [0.1, 0.15) is 0 Å². The van der Waals surface area contributed by atoms with Crippen molar-refractivity contribution in [1.82, 2.24) is 4.98 Å². The van der Waals surface area contributed by atoms with Gasteiger partial charge in [-0.2, -0.15) is 0 Å². The number of carbonyl (C=O) groups is 1. The van der Waals surface area contributed by atoms with E-state index in [-0.39, 0.29) is 12.7 Å². The predicted octanol–water partition coefficient (Wildman–Crippen LogP) is 4.40. The molecule has 1 aromatic heterocycles. The van der Waals surface area contributed by atoms with E-state index in [1.165, 1.54) is 11.3 Å². The molecule has 0 bridgehead atoms. The summed E-state index contributed by atoms with van der Waals surface area (Å²) in [5.74, 6) is 1.29. The number of benzene rings is 2. The zero-order valence-corrected chi connectivity index (χ0v) is 15.3. The van der Waals surface area contributed by atoms with Crippen molar-refractivity contribution in [3.05, 3.63) is 57.0 Å². The van der Waals surface area contributed by atoms with Gasteiger partial charge in [-0.15, -0.1) is 11.3 Å². The number of nitrogens with one attached hydrogen (secondary N) is 1. The van der Waals surface area contributed by atoms with Crippen LogP contribution in [0.15, 0.2) is 47.8 Å². The number of ether oxygens (including phenoxy) is 2. The van der Waals surface area contributed by atoms with Gasteiger partial charge in [-0.1, -0.05) is 12.1 Å². The Morgan fingerprint density at radius 1 is 1.17 bits per heavy atom. The lowest BCUT2D eigenvalue weighted by atomic mass is 10.1. The predicted molar refractivity (Wildman–Crippen MR) is 101 cm³/mol. The Kier molecular flexibility index (Phi) is 4.11. The molecule has 7 heteroatoms. The lowest BCUT2D eigenvalue weighted by molar-refractivity contribution is 0.102. The lowest BCUT2D eigenvalue weighted by Crippen LogP contribution is -2.13. The third-order valence-electron chi connectivity index (χ3n) is 3.51. The van der Waals surface area contributed by atoms with E-state index in [2.05, 4.69) is 32.9 Å². The van der Waals surface area contributed by atoms with Gasteiger partial charge in [0.15, 0.2) is 16.6 Å². The number of thiazole rings is 1. The molecule has 24 heavy (non-hydrogen) atoms. The Labute approximate surface area is 155 Å². The van der Waals surface area contributed by atoms with Crippen LogP contribution in [0.2, 0.25) is 0 Å². The molecule has 1 aliphatic heterocycles. The van der Waals surface area contributed by atoms with Crippen LogP contribution in [-0.4, -0.2) is 17.7 Å². The van der Waals surface area contributed by atoms with Crippen molar-refractivity contribution in [2.45, 2.75) is 0 Å². The van der Waals surface area contributed by atoms with Gasteiger partial charge in [0.2, 0.25) is 6.79 Å². The maximum absolute atomic E-state index is 12.3. The normalized spacial score (nSPS) is 12.2. The molecule has 5 nitrogen and oxygen atoms in total. The van der Waals surface area contributed by atoms with Gasteiger partial charge in [0, 0.05) is 14.5 Å². The number of hydrogen-bond acceptors (Lipinski definition) is 5. The molecule has 0 saturated carbocycles. The maximum Gasteiger partial charge on any atom is 0.258 e. The van der Waals surface area contributed by atoms with Crippen molar-refractivity contribution in [2.75, 3.05) is 12.1 Å². The molecule has 0 radical (unpaired) electrons. The number of hydrogen-bond donors (Lipinski definition) is 1. The van der Waals surface area contributed by atoms with Crippen LogP contribution in [0.3, 0.4) is 0 Å². The van der Waals surface area contributed by atoms with E-state index in [1.807, 2.05) is 41.8 Å². The van der Waals surface area contributed by atoms with E-state index < -0.39 is 0 Å². The van der Waals surface area contributed by atoms with Gasteiger partial charge in [-0.25, -0.2) is 4.98 Å². The zero-order valence-electron chi connectivity index (χ0n) is 12.3. The fourth-order valence-corrected chi connectivity index (χ4v) is 3.68. The first-order valence-corrected chi connectivity index (χ1v) is 9.08. The van der Waals surface area contributed by atoms with Crippen LogP contribution in [0.1, 0.15) is 10.4 Å². The molecule has 0 fully saturated rings. The molecule has 2 aromatic carbocycles. The van der Waals surface area contributed by atoms with Crippen molar-refractivity contribution >= 4 is 45.0 Å². The molecule has 1 aliphatic rings. The first-order valence-electron chi connectivity index (χ1n) is 7.12. The third kappa shape index (κ3) is 2.96. The standard InChI is InChI=1S/C17H11IN2O3S/c18-12-4-2-1-3-11(12)16(21)20-17-19-13(8-24-17)10-5-6-14-15(7-10)23-9-22-14/h1-8H,9H2,(H,19,20,21). The van der Waals surface area contributed by atoms with Crippen LogP contribution < -0.4 is 14.8 Å². The summed E-state index contributed by atoms with van der Waals surface area (Å²) in [5.41, 5.74) is 2.35. The van der Waals surface area contributed by atoms with E-state index in [0.717, 1.165) is 20.6 Å². The van der Waals surface area contributed by atoms with Crippen molar-refractivity contribution in [3.63, 3.8) is 0 Å². The molecule has 2 heterocycles. The number of anilines is 1. The summed E-state index contributed by atoms with van der Waals surface area (Å²) in [5, 5.41) is 5.32. The lowest BCUT2D eigenvalue weighted by Gasteiger charge is -2.03. The molecule has 0 unspecified atom stereocenters. The molecular formula is C17H11IN2O3S. The van der Waals surface area contributed by atoms with Gasteiger partial charge >= 0.3 is 0 Å². The van der Waals surface area contributed by atoms with Gasteiger partial charge < -0.3 is 9.47 Å². The van der Waals surface area contributed by atoms with Gasteiger partial charge in [0.05, 0.1) is 11.3 Å². The number of fused-ring (bicyclic) bond motifs is 1. The monoisotopic (exact) mass is 450 g/mol. The van der Waals surface area contributed by atoms with E-state index in [4.69, 9.17) is 9.47 Å². The van der Waals surface area contributed by atoms with E-state index in [1.54, 1.807) is 6.07 Å². The number of carbonyl (C=O) groups excluding carboxylic acids is 1. The topological polar surface area (TPSA) is 60.5 Å². The highest BCUT2D eigenvalue weighted by atomic mass is 127. The Hall–Kier alpha value is -2.13. The second-order valence-electron chi connectivity index (χ2n) is 5.04. The molecule has 1 N–H and O–H groups in total. The Morgan fingerprint density at radius 3 is 2.88 bits per heavy atom. The minimum absolute atomic E-state index is 0.161. The summed E-state index contributed by atoms with van der Waals surface area (Å²) in [7, 11) is 0. The Balaban J connectivity index is 1.55. The average Bonchev–Trinajstić information content (AvgIpc) is 3.23. The molecule has 1 amide bonds. The molecule has 0 saturated heterocycles. The highest BCUT2D eigenvalue weighted by Crippen LogP contribution is 2.36. The Morgan fingerprint density at radius 2 is 2.00 bits per heavy atom. The SMILES string of the molecule is O=C(Nc1nc(-c2ccc3c(c2)OCO3)cs1)c1ccccc1I. The van der Waals surface area contributed by atoms with Crippen molar-refractivity contribution < 1.29 is 14.3 Å². The minimum atomic E-state index is -0.161. The molecule has 4 rings (SSSR count). The number of aromatic nitrogens is 1. The highest BCUT2D eigenvalue weighted by Gasteiger charge is 2.16. The van der Waals surface area contributed by atoms with E-state index >= 15 is 0 Å². The molecule has 120 valence electrons. The largest absolute Gasteiger partial charge is 0.454 e. The minimum Gasteiger partial charge on any atom is -0.454 e. The van der Waals surface area contributed by atoms with E-state index in [0.29, 0.717) is 16.4 Å². The first kappa shape index (κ1) is 15.4. The molecular weight excluding hydrogens is 439 g/mol. The fraction of sp³-hybridized carbons (Fsp3) is 0.0588. The highest BCUT2D eigenvalue weighted by molar-refractivity contribution is 14.1. The van der Waals surface area contributed by atoms with Crippen molar-refractivity contribution in [2.24, 2.45) is 0 Å². The molecule has 0 atom stereocenters. The molecule has 3 aromatic rings. The van der Waals surface area contributed by atoms with Crippen molar-refractivity contribution in [3.8, 4) is 22.8 Å². The van der Waals surface area contributed by atoms with Crippen LogP contribution in [0.4, 0.5) is 5.13 Å². The number of nitrogens with zero attached hydrogens (tertiary/aromatic N) is 1. The smallest absolute Gasteiger partial charge is 0.258 e. The number of halogens is 1. The quantitative estimate of drug-likeness (QED) is 0.602. The summed E-state index contributed by atoms with van der Waals surface area (Å²) in [6.45, 7) is 0.243. The summed E-state index contributed by atoms with van der Waals surface area (Å²) in [4.78, 5) is 16.8. The van der Waals surface area contributed by atoms with Crippen molar-refractivity contribution in [1.29, 1.82) is 0 Å². The zero-order chi connectivity index (χ0) is 16.5. The van der Waals surface area contributed by atoms with Crippen LogP contribution in [0.25, 0.3) is 11.3 Å². The Bertz CT molecular complexity index is 926. The molecule has 0 aliphatic carbocycles. The van der Waals surface area contributed by atoms with E-state index in [9.17, 15) is 4.79 Å². The van der Waals surface area contributed by atoms with Crippen LogP contribution >= 0.6 is 33.9 Å². The summed E-state index contributed by atoms with van der Waals surface area (Å²) >= 11 is 3.53.